The van der Waals surface area contributed by atoms with Crippen LogP contribution in [0, 0.1) is 13.8 Å². The fraction of sp³-hybridized carbons (Fsp3) is 0.0741. The predicted molar refractivity (Wildman–Crippen MR) is 127 cm³/mol. The Morgan fingerprint density at radius 2 is 1.33 bits per heavy atom. The molecule has 0 aliphatic carbocycles. The number of carbonyl (C=O) groups excluding carboxylic acids is 3. The summed E-state index contributed by atoms with van der Waals surface area (Å²) in [7, 11) is 0. The smallest absolute Gasteiger partial charge is 0.266 e. The number of rotatable bonds is 4. The molecule has 3 amide bonds. The van der Waals surface area contributed by atoms with Crippen molar-refractivity contribution in [2.24, 2.45) is 0 Å². The zero-order valence-corrected chi connectivity index (χ0v) is 18.2. The molecule has 1 aliphatic heterocycles. The molecular weight excluding hydrogens is 414 g/mol. The normalized spacial score (nSPS) is 12.7. The van der Waals surface area contributed by atoms with Crippen molar-refractivity contribution >= 4 is 29.1 Å². The zero-order chi connectivity index (χ0) is 23.1. The van der Waals surface area contributed by atoms with Crippen LogP contribution in [-0.2, 0) is 0 Å². The first kappa shape index (κ1) is 20.5. The van der Waals surface area contributed by atoms with E-state index >= 15 is 0 Å². The van der Waals surface area contributed by atoms with Crippen LogP contribution in [0.15, 0.2) is 84.9 Å². The first-order valence-corrected chi connectivity index (χ1v) is 10.6. The number of fused-ring (bicyclic) bond motifs is 1. The molecule has 162 valence electrons. The van der Waals surface area contributed by atoms with Crippen molar-refractivity contribution in [1.82, 2.24) is 4.57 Å². The van der Waals surface area contributed by atoms with Crippen molar-refractivity contribution in [2.45, 2.75) is 13.8 Å². The Hall–Kier alpha value is -4.45. The number of hydrogen-bond acceptors (Lipinski definition) is 3. The van der Waals surface area contributed by atoms with Gasteiger partial charge < -0.3 is 9.88 Å². The Labute approximate surface area is 191 Å². The molecule has 1 aliphatic rings. The molecule has 5 rings (SSSR count). The Kier molecular flexibility index (Phi) is 4.90. The largest absolute Gasteiger partial charge is 0.322 e. The third kappa shape index (κ3) is 3.42. The van der Waals surface area contributed by atoms with Gasteiger partial charge in [0.15, 0.2) is 0 Å². The van der Waals surface area contributed by atoms with Crippen LogP contribution in [0.2, 0.25) is 0 Å². The van der Waals surface area contributed by atoms with Crippen molar-refractivity contribution in [1.29, 1.82) is 0 Å². The van der Waals surface area contributed by atoms with E-state index in [2.05, 4.69) is 5.32 Å². The van der Waals surface area contributed by atoms with Gasteiger partial charge in [0.05, 0.1) is 22.4 Å². The van der Waals surface area contributed by atoms with E-state index < -0.39 is 0 Å². The van der Waals surface area contributed by atoms with Gasteiger partial charge in [-0.3, -0.25) is 14.4 Å². The lowest BCUT2D eigenvalue weighted by molar-refractivity contribution is 0.0925. The van der Waals surface area contributed by atoms with Gasteiger partial charge in [0.1, 0.15) is 0 Å². The maximum absolute atomic E-state index is 13.1. The summed E-state index contributed by atoms with van der Waals surface area (Å²) >= 11 is 0. The number of para-hydroxylation sites is 1. The molecule has 6 heteroatoms. The van der Waals surface area contributed by atoms with Crippen LogP contribution in [0.5, 0.6) is 0 Å². The highest BCUT2D eigenvalue weighted by Crippen LogP contribution is 2.30. The van der Waals surface area contributed by atoms with Gasteiger partial charge >= 0.3 is 0 Å². The van der Waals surface area contributed by atoms with Crippen LogP contribution in [0.3, 0.4) is 0 Å². The summed E-state index contributed by atoms with van der Waals surface area (Å²) in [5, 5.41) is 2.90. The van der Waals surface area contributed by atoms with Crippen molar-refractivity contribution in [3.05, 3.63) is 113 Å². The Balaban J connectivity index is 1.42. The molecule has 33 heavy (non-hydrogen) atoms. The summed E-state index contributed by atoms with van der Waals surface area (Å²) in [5.41, 5.74) is 4.99. The maximum Gasteiger partial charge on any atom is 0.266 e. The van der Waals surface area contributed by atoms with E-state index in [4.69, 9.17) is 0 Å². The lowest BCUT2D eigenvalue weighted by Gasteiger charge is -2.15. The van der Waals surface area contributed by atoms with Crippen molar-refractivity contribution in [3.63, 3.8) is 0 Å². The average molecular weight is 435 g/mol. The van der Waals surface area contributed by atoms with Gasteiger partial charge in [-0.25, -0.2) is 4.90 Å². The van der Waals surface area contributed by atoms with E-state index in [1.165, 1.54) is 0 Å². The van der Waals surface area contributed by atoms with Crippen LogP contribution < -0.4 is 10.2 Å². The second kappa shape index (κ2) is 7.91. The molecule has 0 bridgehead atoms. The van der Waals surface area contributed by atoms with Gasteiger partial charge in [0.2, 0.25) is 0 Å². The fourth-order valence-electron chi connectivity index (χ4n) is 4.31. The summed E-state index contributed by atoms with van der Waals surface area (Å²) in [6.07, 6.45) is 0. The maximum atomic E-state index is 13.1. The number of aromatic nitrogens is 1. The summed E-state index contributed by atoms with van der Waals surface area (Å²) < 4.78 is 2.03. The third-order valence-corrected chi connectivity index (χ3v) is 5.85. The molecule has 0 fully saturated rings. The summed E-state index contributed by atoms with van der Waals surface area (Å²) in [6, 6.07) is 25.2. The van der Waals surface area contributed by atoms with E-state index in [-0.39, 0.29) is 17.7 Å². The summed E-state index contributed by atoms with van der Waals surface area (Å²) in [4.78, 5) is 39.8. The van der Waals surface area contributed by atoms with Gasteiger partial charge in [-0.2, -0.15) is 0 Å². The number of imide groups is 1. The number of nitrogens with one attached hydrogen (secondary N) is 1. The van der Waals surface area contributed by atoms with Gasteiger partial charge in [0.25, 0.3) is 17.7 Å². The minimum Gasteiger partial charge on any atom is -0.322 e. The number of anilines is 2. The second-order valence-electron chi connectivity index (χ2n) is 7.95. The number of aryl methyl sites for hydroxylation is 1. The van der Waals surface area contributed by atoms with Crippen LogP contribution in [0.25, 0.3) is 5.69 Å². The quantitative estimate of drug-likeness (QED) is 0.451. The highest BCUT2D eigenvalue weighted by molar-refractivity contribution is 6.34. The number of hydrogen-bond donors (Lipinski definition) is 1. The van der Waals surface area contributed by atoms with E-state index in [1.807, 2.05) is 54.8 Å². The first-order chi connectivity index (χ1) is 16.0. The predicted octanol–water partition coefficient (Wildman–Crippen LogP) is 5.15. The molecular formula is C27H21N3O3. The minimum absolute atomic E-state index is 0.259. The summed E-state index contributed by atoms with van der Waals surface area (Å²) in [6.45, 7) is 3.86. The molecule has 6 nitrogen and oxygen atoms in total. The average Bonchev–Trinajstić information content (AvgIpc) is 3.27. The van der Waals surface area contributed by atoms with Gasteiger partial charge in [0, 0.05) is 22.8 Å². The fourth-order valence-corrected chi connectivity index (χ4v) is 4.31. The second-order valence-corrected chi connectivity index (χ2v) is 7.95. The molecule has 0 unspecified atom stereocenters. The van der Waals surface area contributed by atoms with Gasteiger partial charge in [-0.1, -0.05) is 36.4 Å². The third-order valence-electron chi connectivity index (χ3n) is 5.85. The van der Waals surface area contributed by atoms with Crippen LogP contribution in [0.1, 0.15) is 42.5 Å². The number of amides is 3. The first-order valence-electron chi connectivity index (χ1n) is 10.6. The minimum atomic E-state index is -0.370. The van der Waals surface area contributed by atoms with E-state index in [9.17, 15) is 14.4 Å². The Bertz CT molecular complexity index is 1380. The molecule has 3 aromatic carbocycles. The van der Waals surface area contributed by atoms with Crippen molar-refractivity contribution < 1.29 is 14.4 Å². The number of benzene rings is 3. The molecule has 0 saturated carbocycles. The highest BCUT2D eigenvalue weighted by Gasteiger charge is 2.36. The molecule has 1 aromatic heterocycles. The lowest BCUT2D eigenvalue weighted by Crippen LogP contribution is -2.29. The number of carbonyl (C=O) groups is 3. The van der Waals surface area contributed by atoms with Gasteiger partial charge in [-0.05, 0) is 62.4 Å². The van der Waals surface area contributed by atoms with Crippen molar-refractivity contribution in [2.75, 3.05) is 10.2 Å². The topological polar surface area (TPSA) is 71.4 Å². The molecule has 0 atom stereocenters. The van der Waals surface area contributed by atoms with Gasteiger partial charge in [-0.15, -0.1) is 0 Å². The monoisotopic (exact) mass is 435 g/mol. The SMILES string of the molecule is Cc1cc(C(=O)Nc2cccc(N3C(=O)c4ccccc4C3=O)c2)c(C)n1-c1ccccc1. The lowest BCUT2D eigenvalue weighted by atomic mass is 10.1. The van der Waals surface area contributed by atoms with Crippen LogP contribution >= 0.6 is 0 Å². The number of nitrogens with zero attached hydrogens (tertiary/aromatic N) is 2. The Morgan fingerprint density at radius 1 is 0.727 bits per heavy atom. The molecule has 0 spiro atoms. The van der Waals surface area contributed by atoms with Crippen LogP contribution in [-0.4, -0.2) is 22.3 Å². The van der Waals surface area contributed by atoms with E-state index in [1.54, 1.807) is 48.5 Å². The molecule has 1 N–H and O–H groups in total. The molecule has 4 aromatic rings. The summed E-state index contributed by atoms with van der Waals surface area (Å²) in [5.74, 6) is -0.999. The van der Waals surface area contributed by atoms with Crippen LogP contribution in [0.4, 0.5) is 11.4 Å². The highest BCUT2D eigenvalue weighted by atomic mass is 16.2. The Morgan fingerprint density at radius 3 is 2.00 bits per heavy atom. The standard InChI is InChI=1S/C27H21N3O3/c1-17-15-24(18(2)29(17)20-10-4-3-5-11-20)25(31)28-19-9-8-12-21(16-19)30-26(32)22-13-6-7-14-23(22)27(30)33/h3-16H,1-2H3,(H,28,31). The molecule has 0 radical (unpaired) electrons. The molecule has 0 saturated heterocycles. The van der Waals surface area contributed by atoms with E-state index in [0.29, 0.717) is 28.1 Å². The zero-order valence-electron chi connectivity index (χ0n) is 18.2. The molecule has 2 heterocycles. The van der Waals surface area contributed by atoms with Crippen molar-refractivity contribution in [3.8, 4) is 5.69 Å². The van der Waals surface area contributed by atoms with E-state index in [0.717, 1.165) is 22.0 Å².